The summed E-state index contributed by atoms with van der Waals surface area (Å²) in [6, 6.07) is 1.56. The highest BCUT2D eigenvalue weighted by atomic mass is 16.4. The van der Waals surface area contributed by atoms with E-state index in [2.05, 4.69) is 63.8 Å². The van der Waals surface area contributed by atoms with Crippen molar-refractivity contribution < 1.29 is 102 Å². The highest BCUT2D eigenvalue weighted by molar-refractivity contribution is 6.01. The number of primary amides is 3. The van der Waals surface area contributed by atoms with Crippen LogP contribution < -0.4 is 98.2 Å². The van der Waals surface area contributed by atoms with Gasteiger partial charge in [-0.2, -0.15) is 0 Å². The van der Waals surface area contributed by atoms with E-state index >= 15 is 4.79 Å². The van der Waals surface area contributed by atoms with E-state index in [9.17, 15) is 97.1 Å². The summed E-state index contributed by atoms with van der Waals surface area (Å²) >= 11 is 0. The van der Waals surface area contributed by atoms with Crippen LogP contribution in [0, 0.1) is 17.2 Å². The number of aromatic hydroxyl groups is 1. The Kier molecular flexibility index (Phi) is 42.6. The number of carboxylic acids is 3. The van der Waals surface area contributed by atoms with E-state index in [-0.39, 0.29) is 56.4 Å². The van der Waals surface area contributed by atoms with Gasteiger partial charge in [0.2, 0.25) is 82.7 Å². The molecule has 0 bridgehead atoms. The second-order valence-electron chi connectivity index (χ2n) is 27.8. The highest BCUT2D eigenvalue weighted by Gasteiger charge is 2.40. The van der Waals surface area contributed by atoms with Crippen LogP contribution in [-0.2, 0) is 101 Å². The number of phenolic OH excluding ortho intramolecular Hbond substituents is 1. The summed E-state index contributed by atoms with van der Waals surface area (Å²) in [7, 11) is 0. The summed E-state index contributed by atoms with van der Waals surface area (Å²) < 4.78 is 0. The van der Waals surface area contributed by atoms with Gasteiger partial charge in [0.15, 0.2) is 5.96 Å². The largest absolute Gasteiger partial charge is 0.508 e. The second-order valence-corrected chi connectivity index (χ2v) is 27.8. The van der Waals surface area contributed by atoms with Crippen molar-refractivity contribution in [1.29, 1.82) is 5.41 Å². The number of benzene rings is 3. The van der Waals surface area contributed by atoms with Crippen molar-refractivity contribution in [2.75, 3.05) is 13.1 Å². The highest BCUT2D eigenvalue weighted by Crippen LogP contribution is 2.18. The number of rotatable bonds is 55. The molecule has 3 aromatic carbocycles. The lowest BCUT2D eigenvalue weighted by Gasteiger charge is -2.30. The van der Waals surface area contributed by atoms with Crippen molar-refractivity contribution >= 4 is 107 Å². The van der Waals surface area contributed by atoms with Gasteiger partial charge in [-0.3, -0.25) is 82.1 Å². The van der Waals surface area contributed by atoms with Crippen molar-refractivity contribution in [3.05, 3.63) is 102 Å². The molecule has 115 heavy (non-hydrogen) atoms. The summed E-state index contributed by atoms with van der Waals surface area (Å²) in [5.41, 5.74) is 34.7. The number of unbranched alkanes of at least 4 members (excludes halogenated alkanes) is 1. The van der Waals surface area contributed by atoms with Crippen molar-refractivity contribution in [1.82, 2.24) is 63.8 Å². The molecule has 0 radical (unpaired) electrons. The molecule has 40 nitrogen and oxygen atoms in total. The maximum Gasteiger partial charge on any atom is 0.326 e. The number of phenols is 1. The van der Waals surface area contributed by atoms with E-state index in [0.717, 1.165) is 0 Å². The van der Waals surface area contributed by atoms with Crippen molar-refractivity contribution in [2.24, 2.45) is 46.2 Å². The fourth-order valence-electron chi connectivity index (χ4n) is 11.6. The molecule has 40 heteroatoms. The molecule has 3 aromatic rings. The van der Waals surface area contributed by atoms with Gasteiger partial charge in [-0.25, -0.2) is 4.79 Å². The first kappa shape index (κ1) is 96.8. The Labute approximate surface area is 664 Å². The summed E-state index contributed by atoms with van der Waals surface area (Å²) in [6.07, 6.45) is -5.34. The van der Waals surface area contributed by atoms with Gasteiger partial charge in [0, 0.05) is 51.5 Å². The van der Waals surface area contributed by atoms with Crippen molar-refractivity contribution in [3.63, 3.8) is 0 Å². The van der Waals surface area contributed by atoms with E-state index < -0.39 is 262 Å². The lowest BCUT2D eigenvalue weighted by Crippen LogP contribution is -2.62. The zero-order valence-corrected chi connectivity index (χ0v) is 64.7. The Hall–Kier alpha value is -12.4. The first-order valence-corrected chi connectivity index (χ1v) is 37.6. The summed E-state index contributed by atoms with van der Waals surface area (Å²) in [5, 5.41) is 77.1. The van der Waals surface area contributed by atoms with E-state index in [1.807, 2.05) is 0 Å². The SMILES string of the molecule is CC[C@H](C)[C@H](NC(=O)[C@H](CC(=O)O)NC(=O)[C@H](Cc1ccccc1)NC(=O)[C@H](Cc1ccc(O)cc1)NC(=O)[C@H](CCC(N)=O)NC(=O)[C@H](CCC(=O)O)NC(=O)[C@@H](NC(=O)[C@H](CCC(N)=O)NC(=O)[C@H](Cc1ccccc1)NC(=O)[C@@H](N)CCCCN)[C@@H](C)CC)C(=O)N[C@@H](CCC(N)=O)C(=O)N[C@@H](CCCNC(=N)N)C(=O)O. The number of carbonyl (C=O) groups excluding carboxylic acids is 14. The van der Waals surface area contributed by atoms with Gasteiger partial charge in [0.1, 0.15) is 72.2 Å². The van der Waals surface area contributed by atoms with Crippen molar-refractivity contribution in [3.8, 4) is 5.75 Å². The second kappa shape index (κ2) is 50.6. The molecule has 14 atom stereocenters. The molecule has 0 aliphatic heterocycles. The van der Waals surface area contributed by atoms with Crippen LogP contribution in [0.1, 0.15) is 147 Å². The fraction of sp³-hybridized carbons (Fsp3) is 0.520. The zero-order valence-electron chi connectivity index (χ0n) is 64.7. The van der Waals surface area contributed by atoms with Crippen LogP contribution in [0.4, 0.5) is 0 Å². The standard InChI is InChI=1S/C75H111N19O21/c1-5-40(3)61(93-67(107)49(28-32-58(80)98)85-68(108)52(36-42-16-9-7-10-17-42)89-63(103)46(77)20-13-14-34-76)72(112)87-50(29-33-59(99)100)64(104)84-47(26-30-56(78)96)66(106)90-54(38-44-22-24-45(95)25-23-44)69(109)91-53(37-43-18-11-8-12-19-43)70(110)92-55(39-60(101)102)71(111)94-62(41(4)6-2)73(113)86-48(27-31-57(79)97)65(105)88-51(74(114)115)21-15-35-83-75(81)82/h7-12,16-19,22-25,40-41,46-55,61-62,95H,5-6,13-15,20-21,26-39,76-77H2,1-4H3,(H2,78,96)(H2,79,97)(H2,80,98)(H,84,104)(H,85,108)(H,86,113)(H,87,112)(H,88,105)(H,89,103)(H,90,106)(H,91,109)(H,92,110)(H,93,107)(H,94,111)(H,99,100)(H,101,102)(H,114,115)(H4,81,82,83)/t40-,41-,46-,47-,48-,49-,50-,51-,52-,53-,54-,55-,61-,62-/m0/s1. The first-order valence-electron chi connectivity index (χ1n) is 37.6. The van der Waals surface area contributed by atoms with Gasteiger partial charge in [0.25, 0.3) is 0 Å². The third kappa shape index (κ3) is 36.8. The quantitative estimate of drug-likeness (QED) is 0.0145. The van der Waals surface area contributed by atoms with Crippen LogP contribution in [0.5, 0.6) is 5.75 Å². The topological polar surface area (TPSA) is 695 Å². The minimum atomic E-state index is -2.06. The van der Waals surface area contributed by atoms with Gasteiger partial charge in [-0.15, -0.1) is 0 Å². The smallest absolute Gasteiger partial charge is 0.326 e. The molecule has 632 valence electrons. The minimum Gasteiger partial charge on any atom is -0.508 e. The Morgan fingerprint density at radius 3 is 1.06 bits per heavy atom. The van der Waals surface area contributed by atoms with Gasteiger partial charge in [0.05, 0.1) is 12.5 Å². The lowest BCUT2D eigenvalue weighted by atomic mass is 9.96. The molecule has 0 spiro atoms. The maximum absolute atomic E-state index is 15.0. The van der Waals surface area contributed by atoms with Crippen molar-refractivity contribution in [2.45, 2.75) is 222 Å². The fourth-order valence-corrected chi connectivity index (χ4v) is 11.6. The van der Waals surface area contributed by atoms with Crippen LogP contribution in [-0.4, -0.2) is 213 Å². The van der Waals surface area contributed by atoms with Crippen LogP contribution in [0.3, 0.4) is 0 Å². The molecule has 0 fully saturated rings. The Morgan fingerprint density at radius 2 is 0.704 bits per heavy atom. The predicted octanol–water partition coefficient (Wildman–Crippen LogP) is -4.21. The predicted molar refractivity (Wildman–Crippen MR) is 414 cm³/mol. The Balaban J connectivity index is 2.07. The van der Waals surface area contributed by atoms with Crippen LogP contribution in [0.25, 0.3) is 0 Å². The lowest BCUT2D eigenvalue weighted by molar-refractivity contribution is -0.143. The normalized spacial score (nSPS) is 14.6. The van der Waals surface area contributed by atoms with E-state index in [1.165, 1.54) is 50.2 Å². The third-order valence-electron chi connectivity index (χ3n) is 18.6. The monoisotopic (exact) mass is 1610 g/mol. The molecule has 0 aromatic heterocycles. The number of amides is 14. The van der Waals surface area contributed by atoms with Crippen LogP contribution in [0.2, 0.25) is 0 Å². The summed E-state index contributed by atoms with van der Waals surface area (Å²) in [6.45, 7) is 6.66. The number of guanidine groups is 1. The Bertz CT molecular complexity index is 3820. The number of hydrogen-bond donors (Lipinski definition) is 23. The molecule has 14 amide bonds. The molecule has 0 unspecified atom stereocenters. The molecule has 0 saturated heterocycles. The minimum absolute atomic E-state index is 0.0528. The number of aliphatic carboxylic acids is 3. The number of nitrogens with two attached hydrogens (primary N) is 6. The van der Waals surface area contributed by atoms with E-state index in [0.29, 0.717) is 30.5 Å². The third-order valence-corrected chi connectivity index (χ3v) is 18.6. The van der Waals surface area contributed by atoms with Gasteiger partial charge in [-0.1, -0.05) is 120 Å². The molecular formula is C75H111N19O21. The first-order chi connectivity index (χ1) is 54.4. The molecule has 0 saturated carbocycles. The average Bonchev–Trinajstić information content (AvgIpc) is 0.846. The molecule has 0 heterocycles. The number of carbonyl (C=O) groups is 17. The summed E-state index contributed by atoms with van der Waals surface area (Å²) in [5.74, 6) is -21.8. The maximum atomic E-state index is 15.0. The van der Waals surface area contributed by atoms with Crippen LogP contribution >= 0.6 is 0 Å². The Morgan fingerprint density at radius 1 is 0.374 bits per heavy atom. The molecule has 29 N–H and O–H groups in total. The van der Waals surface area contributed by atoms with E-state index in [1.54, 1.807) is 62.4 Å². The molecule has 3 rings (SSSR count). The average molecular weight is 1610 g/mol. The number of nitrogens with one attached hydrogen (secondary N) is 13. The number of carboxylic acid groups (broad SMARTS) is 3. The summed E-state index contributed by atoms with van der Waals surface area (Å²) in [4.78, 5) is 232. The van der Waals surface area contributed by atoms with E-state index in [4.69, 9.17) is 39.8 Å². The van der Waals surface area contributed by atoms with Crippen LogP contribution in [0.15, 0.2) is 84.9 Å². The van der Waals surface area contributed by atoms with Gasteiger partial charge in [-0.05, 0) is 98.6 Å². The number of hydrogen-bond acceptors (Lipinski definition) is 21. The van der Waals surface area contributed by atoms with Gasteiger partial charge < -0.3 is 119 Å². The van der Waals surface area contributed by atoms with Gasteiger partial charge >= 0.3 is 17.9 Å². The zero-order chi connectivity index (χ0) is 86.0. The molecule has 0 aliphatic rings. The molecular weight excluding hydrogens is 1500 g/mol. The molecule has 0 aliphatic carbocycles.